The number of allylic oxidation sites excluding steroid dienone is 1. The Balaban J connectivity index is 1.69. The van der Waals surface area contributed by atoms with Gasteiger partial charge >= 0.3 is 0 Å². The van der Waals surface area contributed by atoms with E-state index in [1.807, 2.05) is 42.5 Å². The maximum absolute atomic E-state index is 8.86. The van der Waals surface area contributed by atoms with E-state index < -0.39 is 0 Å². The fraction of sp³-hybridized carbons (Fsp3) is 0.136. The van der Waals surface area contributed by atoms with Crippen molar-refractivity contribution < 1.29 is 4.74 Å². The molecule has 0 fully saturated rings. The van der Waals surface area contributed by atoms with Crippen LogP contribution in [-0.4, -0.2) is 16.6 Å². The van der Waals surface area contributed by atoms with Gasteiger partial charge in [0.25, 0.3) is 0 Å². The summed E-state index contributed by atoms with van der Waals surface area (Å²) in [6, 6.07) is 17.2. The molecule has 0 amide bonds. The minimum absolute atomic E-state index is 0.579. The Morgan fingerprint density at radius 1 is 0.885 bits per heavy atom. The Bertz CT molecular complexity index is 906. The van der Waals surface area contributed by atoms with Gasteiger partial charge in [-0.3, -0.25) is 0 Å². The lowest BCUT2D eigenvalue weighted by molar-refractivity contribution is 0.362. The number of aromatic nitrogens is 2. The quantitative estimate of drug-likeness (QED) is 0.590. The molecular formula is C22H19N3O. The summed E-state index contributed by atoms with van der Waals surface area (Å²) in [5.41, 5.74) is 3.49. The molecule has 3 rings (SSSR count). The third-order valence-corrected chi connectivity index (χ3v) is 3.86. The smallest absolute Gasteiger partial charge is 0.159 e. The second-order valence-electron chi connectivity index (χ2n) is 5.70. The van der Waals surface area contributed by atoms with Gasteiger partial charge in [0.15, 0.2) is 5.82 Å². The first-order valence-electron chi connectivity index (χ1n) is 8.51. The van der Waals surface area contributed by atoms with Crippen LogP contribution in [0.1, 0.15) is 18.9 Å². The number of ether oxygens (including phenoxy) is 1. The van der Waals surface area contributed by atoms with Crippen molar-refractivity contribution in [3.05, 3.63) is 78.6 Å². The Hall–Kier alpha value is -3.45. The Labute approximate surface area is 153 Å². The van der Waals surface area contributed by atoms with Crippen LogP contribution in [0.3, 0.4) is 0 Å². The average molecular weight is 341 g/mol. The Morgan fingerprint density at radius 3 is 2.15 bits per heavy atom. The molecule has 3 aromatic rings. The second kappa shape index (κ2) is 8.59. The molecule has 0 aliphatic heterocycles. The van der Waals surface area contributed by atoms with E-state index in [4.69, 9.17) is 10.00 Å². The van der Waals surface area contributed by atoms with Crippen molar-refractivity contribution in [2.75, 3.05) is 6.61 Å². The van der Waals surface area contributed by atoms with Gasteiger partial charge in [-0.05, 0) is 48.4 Å². The molecule has 0 aliphatic rings. The minimum Gasteiger partial charge on any atom is -0.490 e. The van der Waals surface area contributed by atoms with E-state index in [9.17, 15) is 0 Å². The summed E-state index contributed by atoms with van der Waals surface area (Å²) in [7, 11) is 0. The van der Waals surface area contributed by atoms with Gasteiger partial charge in [0.05, 0.1) is 11.6 Å². The average Bonchev–Trinajstić information content (AvgIpc) is 2.72. The van der Waals surface area contributed by atoms with Gasteiger partial charge in [0.2, 0.25) is 0 Å². The minimum atomic E-state index is 0.579. The number of nitriles is 1. The molecule has 0 spiro atoms. The molecule has 2 aromatic carbocycles. The largest absolute Gasteiger partial charge is 0.490 e. The molecule has 0 saturated heterocycles. The van der Waals surface area contributed by atoms with Crippen molar-refractivity contribution in [3.63, 3.8) is 0 Å². The summed E-state index contributed by atoms with van der Waals surface area (Å²) in [4.78, 5) is 8.88. The zero-order valence-electron chi connectivity index (χ0n) is 14.6. The van der Waals surface area contributed by atoms with Gasteiger partial charge in [-0.1, -0.05) is 31.2 Å². The van der Waals surface area contributed by atoms with E-state index in [0.29, 0.717) is 18.0 Å². The van der Waals surface area contributed by atoms with E-state index in [1.165, 1.54) is 0 Å². The van der Waals surface area contributed by atoms with E-state index in [2.05, 4.69) is 29.0 Å². The third-order valence-electron chi connectivity index (χ3n) is 3.86. The van der Waals surface area contributed by atoms with Gasteiger partial charge in [-0.25, -0.2) is 9.97 Å². The van der Waals surface area contributed by atoms with Crippen LogP contribution in [0.4, 0.5) is 0 Å². The number of nitrogens with zero attached hydrogens (tertiary/aromatic N) is 3. The first-order valence-corrected chi connectivity index (χ1v) is 8.51. The molecule has 0 N–H and O–H groups in total. The molecular weight excluding hydrogens is 322 g/mol. The lowest BCUT2D eigenvalue weighted by Crippen LogP contribution is -1.93. The standard InChI is InChI=1S/C22H19N3O/c1-2-3-4-13-26-21-11-9-18(10-12-21)20-15-24-22(25-16-20)19-7-5-17(14-23)6-8-19/h3-12,15-16H,2,13H2,1H3. The molecule has 4 nitrogen and oxygen atoms in total. The Kier molecular flexibility index (Phi) is 5.74. The Morgan fingerprint density at radius 2 is 1.54 bits per heavy atom. The van der Waals surface area contributed by atoms with Crippen LogP contribution in [0.25, 0.3) is 22.5 Å². The highest BCUT2D eigenvalue weighted by atomic mass is 16.5. The highest BCUT2D eigenvalue weighted by molar-refractivity contribution is 5.64. The number of benzene rings is 2. The molecule has 1 aromatic heterocycles. The first-order chi connectivity index (χ1) is 12.8. The van der Waals surface area contributed by atoms with Crippen molar-refractivity contribution in [1.29, 1.82) is 5.26 Å². The van der Waals surface area contributed by atoms with Crippen molar-refractivity contribution in [3.8, 4) is 34.3 Å². The lowest BCUT2D eigenvalue weighted by Gasteiger charge is -2.06. The van der Waals surface area contributed by atoms with Gasteiger partial charge < -0.3 is 4.74 Å². The molecule has 26 heavy (non-hydrogen) atoms. The lowest BCUT2D eigenvalue weighted by atomic mass is 10.1. The summed E-state index contributed by atoms with van der Waals surface area (Å²) in [6.07, 6.45) is 8.73. The first kappa shape index (κ1) is 17.4. The highest BCUT2D eigenvalue weighted by Crippen LogP contribution is 2.23. The van der Waals surface area contributed by atoms with E-state index in [-0.39, 0.29) is 0 Å². The van der Waals surface area contributed by atoms with Crippen LogP contribution in [0.2, 0.25) is 0 Å². The molecule has 0 atom stereocenters. The summed E-state index contributed by atoms with van der Waals surface area (Å²) in [6.45, 7) is 2.68. The fourth-order valence-corrected chi connectivity index (χ4v) is 2.44. The number of hydrogen-bond acceptors (Lipinski definition) is 4. The van der Waals surface area contributed by atoms with Gasteiger partial charge in [-0.2, -0.15) is 5.26 Å². The van der Waals surface area contributed by atoms with Crippen molar-refractivity contribution in [2.45, 2.75) is 13.3 Å². The third kappa shape index (κ3) is 4.34. The molecule has 128 valence electrons. The highest BCUT2D eigenvalue weighted by Gasteiger charge is 2.04. The molecule has 0 saturated carbocycles. The molecule has 0 unspecified atom stereocenters. The van der Waals surface area contributed by atoms with Crippen LogP contribution in [0.5, 0.6) is 5.75 Å². The molecule has 0 radical (unpaired) electrons. The summed E-state index contributed by atoms with van der Waals surface area (Å²) < 4.78 is 5.65. The van der Waals surface area contributed by atoms with Crippen LogP contribution in [-0.2, 0) is 0 Å². The second-order valence-corrected chi connectivity index (χ2v) is 5.70. The summed E-state index contributed by atoms with van der Waals surface area (Å²) in [5, 5.41) is 8.86. The number of hydrogen-bond donors (Lipinski definition) is 0. The van der Waals surface area contributed by atoms with Crippen molar-refractivity contribution in [1.82, 2.24) is 9.97 Å². The topological polar surface area (TPSA) is 58.8 Å². The molecule has 0 aliphatic carbocycles. The monoisotopic (exact) mass is 341 g/mol. The van der Waals surface area contributed by atoms with E-state index in [0.717, 1.165) is 28.9 Å². The molecule has 4 heteroatoms. The van der Waals surface area contributed by atoms with Crippen LogP contribution >= 0.6 is 0 Å². The summed E-state index contributed by atoms with van der Waals surface area (Å²) in [5.74, 6) is 1.48. The zero-order valence-corrected chi connectivity index (χ0v) is 14.6. The van der Waals surface area contributed by atoms with Crippen LogP contribution in [0, 0.1) is 11.3 Å². The van der Waals surface area contributed by atoms with Crippen molar-refractivity contribution >= 4 is 0 Å². The fourth-order valence-electron chi connectivity index (χ4n) is 2.44. The zero-order chi connectivity index (χ0) is 18.2. The predicted octanol–water partition coefficient (Wildman–Crippen LogP) is 5.03. The normalized spacial score (nSPS) is 10.6. The molecule has 1 heterocycles. The predicted molar refractivity (Wildman–Crippen MR) is 103 cm³/mol. The molecule has 0 bridgehead atoms. The maximum atomic E-state index is 8.86. The van der Waals surface area contributed by atoms with Gasteiger partial charge in [0, 0.05) is 23.5 Å². The maximum Gasteiger partial charge on any atom is 0.159 e. The SMILES string of the molecule is CCC=CCOc1ccc(-c2cnc(-c3ccc(C#N)cc3)nc2)cc1. The van der Waals surface area contributed by atoms with E-state index in [1.54, 1.807) is 24.5 Å². The number of rotatable bonds is 6. The summed E-state index contributed by atoms with van der Waals surface area (Å²) >= 11 is 0. The van der Waals surface area contributed by atoms with Crippen LogP contribution < -0.4 is 4.74 Å². The van der Waals surface area contributed by atoms with Gasteiger partial charge in [0.1, 0.15) is 12.4 Å². The van der Waals surface area contributed by atoms with Crippen molar-refractivity contribution in [2.24, 2.45) is 0 Å². The van der Waals surface area contributed by atoms with E-state index >= 15 is 0 Å². The van der Waals surface area contributed by atoms with Gasteiger partial charge in [-0.15, -0.1) is 0 Å². The van der Waals surface area contributed by atoms with Crippen LogP contribution in [0.15, 0.2) is 73.1 Å².